The Kier molecular flexibility index (Phi) is 15.1. The minimum Gasteiger partial charge on any atom is -0.490 e. The molecule has 218 valence electrons. The average Bonchev–Trinajstić information content (AvgIpc) is 2.96. The van der Waals surface area contributed by atoms with E-state index in [2.05, 4.69) is 66.7 Å². The molecule has 0 saturated heterocycles. The Bertz CT molecular complexity index is 983. The number of benzene rings is 2. The lowest BCUT2D eigenvalue weighted by Gasteiger charge is -2.24. The largest absolute Gasteiger partial charge is 0.490 e. The van der Waals surface area contributed by atoms with Gasteiger partial charge in [-0.3, -0.25) is 4.79 Å². The Morgan fingerprint density at radius 1 is 0.692 bits per heavy atom. The van der Waals surface area contributed by atoms with E-state index in [1.807, 2.05) is 18.2 Å². The van der Waals surface area contributed by atoms with Crippen LogP contribution in [0.15, 0.2) is 36.4 Å². The van der Waals surface area contributed by atoms with Crippen LogP contribution in [0.4, 0.5) is 0 Å². The number of hydrogen-bond acceptors (Lipinski definition) is 4. The van der Waals surface area contributed by atoms with Crippen LogP contribution in [0.1, 0.15) is 134 Å². The number of rotatable bonds is 20. The van der Waals surface area contributed by atoms with Crippen LogP contribution in [-0.2, 0) is 12.8 Å². The number of hydrogen-bond donors (Lipinski definition) is 0. The Morgan fingerprint density at radius 2 is 1.26 bits per heavy atom. The van der Waals surface area contributed by atoms with Crippen molar-refractivity contribution in [2.24, 2.45) is 0 Å². The predicted octanol–water partition coefficient (Wildman–Crippen LogP) is 9.94. The van der Waals surface area contributed by atoms with Gasteiger partial charge in [-0.05, 0) is 80.7 Å². The highest BCUT2D eigenvalue weighted by molar-refractivity contribution is 5.99. The molecule has 0 radical (unpaired) electrons. The SMILES string of the molecule is CCCC(CC)Oc1ccc(CC)cc1CCC(=O)c1cccc(OC(CC)CCC)c1OC(CC)CCC. The van der Waals surface area contributed by atoms with Gasteiger partial charge >= 0.3 is 0 Å². The number of aryl methyl sites for hydroxylation is 2. The second-order valence-corrected chi connectivity index (χ2v) is 10.7. The van der Waals surface area contributed by atoms with Crippen LogP contribution in [0.3, 0.4) is 0 Å². The van der Waals surface area contributed by atoms with Crippen LogP contribution in [0.2, 0.25) is 0 Å². The van der Waals surface area contributed by atoms with Crippen molar-refractivity contribution in [1.82, 2.24) is 0 Å². The van der Waals surface area contributed by atoms with E-state index < -0.39 is 0 Å². The fraction of sp³-hybridized carbons (Fsp3) is 0.629. The van der Waals surface area contributed by atoms with Gasteiger partial charge in [0.1, 0.15) is 5.75 Å². The maximum absolute atomic E-state index is 13.8. The molecule has 0 aliphatic rings. The van der Waals surface area contributed by atoms with E-state index in [-0.39, 0.29) is 24.1 Å². The van der Waals surface area contributed by atoms with Crippen molar-refractivity contribution in [1.29, 1.82) is 0 Å². The molecule has 0 aliphatic heterocycles. The Labute approximate surface area is 238 Å². The minimum absolute atomic E-state index is 0.0586. The molecule has 0 spiro atoms. The zero-order valence-electron chi connectivity index (χ0n) is 25.8. The monoisotopic (exact) mass is 538 g/mol. The molecule has 0 bridgehead atoms. The van der Waals surface area contributed by atoms with Crippen molar-refractivity contribution in [2.45, 2.75) is 144 Å². The second-order valence-electron chi connectivity index (χ2n) is 10.7. The van der Waals surface area contributed by atoms with E-state index in [1.165, 1.54) is 5.56 Å². The molecule has 3 atom stereocenters. The Hall–Kier alpha value is -2.49. The fourth-order valence-corrected chi connectivity index (χ4v) is 5.03. The summed E-state index contributed by atoms with van der Waals surface area (Å²) >= 11 is 0. The highest BCUT2D eigenvalue weighted by Crippen LogP contribution is 2.36. The third-order valence-electron chi connectivity index (χ3n) is 7.50. The summed E-state index contributed by atoms with van der Waals surface area (Å²) in [7, 11) is 0. The van der Waals surface area contributed by atoms with Crippen molar-refractivity contribution >= 4 is 5.78 Å². The van der Waals surface area contributed by atoms with Gasteiger partial charge in [0, 0.05) is 6.42 Å². The molecule has 2 rings (SSSR count). The van der Waals surface area contributed by atoms with E-state index in [0.29, 0.717) is 29.9 Å². The van der Waals surface area contributed by atoms with Crippen LogP contribution in [0.5, 0.6) is 17.2 Å². The van der Waals surface area contributed by atoms with Gasteiger partial charge in [-0.2, -0.15) is 0 Å². The Balaban J connectivity index is 2.36. The van der Waals surface area contributed by atoms with E-state index in [1.54, 1.807) is 0 Å². The van der Waals surface area contributed by atoms with E-state index >= 15 is 0 Å². The molecule has 3 unspecified atom stereocenters. The minimum atomic E-state index is 0.0586. The molecule has 4 nitrogen and oxygen atoms in total. The van der Waals surface area contributed by atoms with Crippen molar-refractivity contribution < 1.29 is 19.0 Å². The normalized spacial score (nSPS) is 13.5. The molecular formula is C35H54O4. The topological polar surface area (TPSA) is 44.8 Å². The van der Waals surface area contributed by atoms with Gasteiger partial charge in [0.2, 0.25) is 0 Å². The molecule has 39 heavy (non-hydrogen) atoms. The standard InChI is InChI=1S/C35H54O4/c1-8-16-28(12-5)37-33-24-21-26(11-4)25-27(33)22-23-32(36)31-19-15-20-34(38-29(13-6)17-9-2)35(31)39-30(14-7)18-10-3/h15,19-21,24-25,28-30H,8-14,16-18,22-23H2,1-7H3. The summed E-state index contributed by atoms with van der Waals surface area (Å²) < 4.78 is 19.4. The summed E-state index contributed by atoms with van der Waals surface area (Å²) in [6.07, 6.45) is 11.3. The highest BCUT2D eigenvalue weighted by Gasteiger charge is 2.23. The van der Waals surface area contributed by atoms with Crippen LogP contribution < -0.4 is 14.2 Å². The predicted molar refractivity (Wildman–Crippen MR) is 164 cm³/mol. The van der Waals surface area contributed by atoms with Crippen LogP contribution >= 0.6 is 0 Å². The third-order valence-corrected chi connectivity index (χ3v) is 7.50. The van der Waals surface area contributed by atoms with Crippen LogP contribution in [-0.4, -0.2) is 24.1 Å². The quantitative estimate of drug-likeness (QED) is 0.157. The lowest BCUT2D eigenvalue weighted by atomic mass is 9.98. The van der Waals surface area contributed by atoms with Gasteiger partial charge in [-0.1, -0.05) is 85.9 Å². The van der Waals surface area contributed by atoms with Crippen molar-refractivity contribution in [2.75, 3.05) is 0 Å². The summed E-state index contributed by atoms with van der Waals surface area (Å²) in [5.74, 6) is 2.30. The lowest BCUT2D eigenvalue weighted by Crippen LogP contribution is -2.20. The fourth-order valence-electron chi connectivity index (χ4n) is 5.03. The van der Waals surface area contributed by atoms with E-state index in [4.69, 9.17) is 14.2 Å². The molecule has 0 heterocycles. The number of ether oxygens (including phenoxy) is 3. The molecule has 0 amide bonds. The second kappa shape index (κ2) is 18.0. The van der Waals surface area contributed by atoms with Crippen molar-refractivity contribution in [3.63, 3.8) is 0 Å². The van der Waals surface area contributed by atoms with Gasteiger partial charge in [0.05, 0.1) is 23.9 Å². The van der Waals surface area contributed by atoms with Crippen LogP contribution in [0, 0.1) is 0 Å². The van der Waals surface area contributed by atoms with Crippen molar-refractivity contribution in [3.05, 3.63) is 53.1 Å². The molecular weight excluding hydrogens is 484 g/mol. The summed E-state index contributed by atoms with van der Waals surface area (Å²) in [5.41, 5.74) is 3.00. The maximum Gasteiger partial charge on any atom is 0.172 e. The zero-order chi connectivity index (χ0) is 28.6. The third kappa shape index (κ3) is 10.2. The molecule has 2 aromatic carbocycles. The molecule has 4 heteroatoms. The van der Waals surface area contributed by atoms with E-state index in [0.717, 1.165) is 75.5 Å². The average molecular weight is 539 g/mol. The van der Waals surface area contributed by atoms with Gasteiger partial charge in [0.25, 0.3) is 0 Å². The van der Waals surface area contributed by atoms with Gasteiger partial charge in [-0.25, -0.2) is 0 Å². The van der Waals surface area contributed by atoms with Gasteiger partial charge in [-0.15, -0.1) is 0 Å². The number of para-hydroxylation sites is 1. The van der Waals surface area contributed by atoms with Gasteiger partial charge < -0.3 is 14.2 Å². The van der Waals surface area contributed by atoms with E-state index in [9.17, 15) is 4.79 Å². The summed E-state index contributed by atoms with van der Waals surface area (Å²) in [6.45, 7) is 15.2. The number of ketones is 1. The van der Waals surface area contributed by atoms with Crippen molar-refractivity contribution in [3.8, 4) is 17.2 Å². The number of carbonyl (C=O) groups is 1. The van der Waals surface area contributed by atoms with Gasteiger partial charge in [0.15, 0.2) is 17.3 Å². The summed E-state index contributed by atoms with van der Waals surface area (Å²) in [5, 5.41) is 0. The lowest BCUT2D eigenvalue weighted by molar-refractivity contribution is 0.0968. The zero-order valence-corrected chi connectivity index (χ0v) is 25.8. The summed E-state index contributed by atoms with van der Waals surface area (Å²) in [6, 6.07) is 12.2. The first-order valence-electron chi connectivity index (χ1n) is 15.7. The first-order valence-corrected chi connectivity index (χ1v) is 15.7. The molecule has 0 aliphatic carbocycles. The molecule has 0 saturated carbocycles. The molecule has 0 fully saturated rings. The van der Waals surface area contributed by atoms with Crippen LogP contribution in [0.25, 0.3) is 0 Å². The number of carbonyl (C=O) groups excluding carboxylic acids is 1. The molecule has 0 N–H and O–H groups in total. The molecule has 2 aromatic rings. The molecule has 0 aromatic heterocycles. The first kappa shape index (κ1) is 32.7. The highest BCUT2D eigenvalue weighted by atomic mass is 16.5. The number of Topliss-reactive ketones (excluding diaryl/α,β-unsaturated/α-hetero) is 1. The maximum atomic E-state index is 13.8. The smallest absolute Gasteiger partial charge is 0.172 e. The summed E-state index contributed by atoms with van der Waals surface area (Å²) in [4.78, 5) is 13.8. The first-order chi connectivity index (χ1) is 18.9. The Morgan fingerprint density at radius 3 is 1.79 bits per heavy atom.